The van der Waals surface area contributed by atoms with E-state index >= 15 is 0 Å². The Bertz CT molecular complexity index is 377. The molecule has 3 nitrogen and oxygen atoms in total. The Balaban J connectivity index is 3.32. The molecule has 1 N–H and O–H groups in total. The molecule has 1 aromatic heterocycles. The van der Waals surface area contributed by atoms with Crippen molar-refractivity contribution in [2.45, 2.75) is 26.7 Å². The molecule has 72 valence electrons. The fraction of sp³-hybridized carbons (Fsp3) is 0.400. The number of carbonyl (C=O) groups is 1. The number of nitrogens with zero attached hydrogens (tertiary/aromatic N) is 1. The second-order valence-corrected chi connectivity index (χ2v) is 3.43. The summed E-state index contributed by atoms with van der Waals surface area (Å²) in [6.45, 7) is 5.29. The first-order valence-electron chi connectivity index (χ1n) is 4.39. The van der Waals surface area contributed by atoms with Crippen LogP contribution in [-0.2, 0) is 4.79 Å². The van der Waals surface area contributed by atoms with Gasteiger partial charge in [0.2, 0.25) is 0 Å². The zero-order valence-corrected chi connectivity index (χ0v) is 8.53. The zero-order chi connectivity index (χ0) is 10.9. The summed E-state index contributed by atoms with van der Waals surface area (Å²) in [5.74, 6) is -1.39. The van der Waals surface area contributed by atoms with Gasteiger partial charge in [-0.05, 0) is 43.1 Å². The van der Waals surface area contributed by atoms with Gasteiger partial charge in [-0.3, -0.25) is 9.78 Å². The maximum Gasteiger partial charge on any atom is 0.310 e. The molecule has 0 aliphatic rings. The minimum atomic E-state index is -0.846. The minimum absolute atomic E-state index is 0.402. The summed E-state index contributed by atoms with van der Waals surface area (Å²) in [6, 6.07) is 0. The number of carboxylic acids is 1. The number of aryl methyl sites for hydroxylation is 1. The van der Waals surface area contributed by atoms with E-state index in [4.69, 9.17) is 13.0 Å². The molecule has 1 atom stereocenters. The topological polar surface area (TPSA) is 50.2 Å². The van der Waals surface area contributed by atoms with E-state index in [1.807, 2.05) is 6.92 Å². The van der Waals surface area contributed by atoms with E-state index in [2.05, 4.69) is 4.98 Å². The predicted octanol–water partition coefficient (Wildman–Crippen LogP) is 0.680. The number of aromatic nitrogens is 1. The Hall–Kier alpha value is -1.32. The van der Waals surface area contributed by atoms with E-state index in [-0.39, 0.29) is 0 Å². The number of hydrogen-bond acceptors (Lipinski definition) is 2. The summed E-state index contributed by atoms with van der Waals surface area (Å²) < 4.78 is 0. The van der Waals surface area contributed by atoms with Gasteiger partial charge in [0.25, 0.3) is 0 Å². The second-order valence-electron chi connectivity index (χ2n) is 3.43. The van der Waals surface area contributed by atoms with Crippen molar-refractivity contribution >= 4 is 19.4 Å². The third kappa shape index (κ3) is 1.79. The summed E-state index contributed by atoms with van der Waals surface area (Å²) in [4.78, 5) is 14.8. The number of hydrogen-bond donors (Lipinski definition) is 1. The maximum absolute atomic E-state index is 10.9. The molecular weight excluding hydrogens is 177 g/mol. The van der Waals surface area contributed by atoms with Gasteiger partial charge in [-0.1, -0.05) is 0 Å². The summed E-state index contributed by atoms with van der Waals surface area (Å²) in [5.41, 5.74) is 2.80. The first-order chi connectivity index (χ1) is 6.45. The third-order valence-corrected chi connectivity index (χ3v) is 2.41. The SMILES string of the molecule is [B]c1ncc(C)c(C(C)C(=O)O)c1C. The van der Waals surface area contributed by atoms with Crippen molar-refractivity contribution in [3.05, 3.63) is 22.9 Å². The summed E-state index contributed by atoms with van der Waals surface area (Å²) in [7, 11) is 5.62. The molecule has 0 saturated heterocycles. The van der Waals surface area contributed by atoms with Gasteiger partial charge in [0.05, 0.1) is 5.92 Å². The number of carboxylic acid groups (broad SMARTS) is 1. The van der Waals surface area contributed by atoms with Crippen LogP contribution in [0.1, 0.15) is 29.5 Å². The molecule has 4 heteroatoms. The van der Waals surface area contributed by atoms with Gasteiger partial charge >= 0.3 is 5.97 Å². The normalized spacial score (nSPS) is 12.5. The Morgan fingerprint density at radius 1 is 1.57 bits per heavy atom. The largest absolute Gasteiger partial charge is 0.481 e. The summed E-state index contributed by atoms with van der Waals surface area (Å²) in [6.07, 6.45) is 1.61. The monoisotopic (exact) mass is 189 g/mol. The number of rotatable bonds is 2. The van der Waals surface area contributed by atoms with Crippen LogP contribution in [-0.4, -0.2) is 23.9 Å². The predicted molar refractivity (Wildman–Crippen MR) is 55.1 cm³/mol. The van der Waals surface area contributed by atoms with Gasteiger partial charge in [0, 0.05) is 6.20 Å². The molecule has 1 heterocycles. The molecule has 1 aromatic rings. The molecule has 0 saturated carbocycles. The highest BCUT2D eigenvalue weighted by atomic mass is 16.4. The molecule has 1 rings (SSSR count). The van der Waals surface area contributed by atoms with Gasteiger partial charge in [0.1, 0.15) is 7.85 Å². The van der Waals surface area contributed by atoms with Crippen LogP contribution in [0.5, 0.6) is 0 Å². The molecule has 0 aliphatic carbocycles. The van der Waals surface area contributed by atoms with Crippen molar-refractivity contribution < 1.29 is 9.90 Å². The van der Waals surface area contributed by atoms with Crippen LogP contribution in [0.3, 0.4) is 0 Å². The van der Waals surface area contributed by atoms with Crippen LogP contribution >= 0.6 is 0 Å². The standard InChI is InChI=1S/C10H12BNO2/c1-5-4-12-9(11)6(2)8(5)7(3)10(13)14/h4,7H,1-3H3,(H,13,14). The summed E-state index contributed by atoms with van der Waals surface area (Å²) >= 11 is 0. The molecule has 0 amide bonds. The van der Waals surface area contributed by atoms with E-state index in [0.29, 0.717) is 5.59 Å². The molecule has 1 unspecified atom stereocenters. The molecule has 0 aromatic carbocycles. The average Bonchev–Trinajstić information content (AvgIpc) is 2.12. The lowest BCUT2D eigenvalue weighted by atomic mass is 9.87. The van der Waals surface area contributed by atoms with E-state index in [9.17, 15) is 4.79 Å². The third-order valence-electron chi connectivity index (χ3n) is 2.41. The molecule has 14 heavy (non-hydrogen) atoms. The minimum Gasteiger partial charge on any atom is -0.481 e. The van der Waals surface area contributed by atoms with Crippen LogP contribution in [0.4, 0.5) is 0 Å². The van der Waals surface area contributed by atoms with Crippen molar-refractivity contribution in [1.29, 1.82) is 0 Å². The van der Waals surface area contributed by atoms with Crippen LogP contribution in [0.2, 0.25) is 0 Å². The maximum atomic E-state index is 10.9. The van der Waals surface area contributed by atoms with Gasteiger partial charge in [-0.15, -0.1) is 0 Å². The molecular formula is C10H12BNO2. The zero-order valence-electron chi connectivity index (χ0n) is 8.53. The van der Waals surface area contributed by atoms with Gasteiger partial charge in [-0.25, -0.2) is 0 Å². The highest BCUT2D eigenvalue weighted by Gasteiger charge is 2.19. The molecule has 0 spiro atoms. The molecule has 0 fully saturated rings. The Morgan fingerprint density at radius 2 is 2.14 bits per heavy atom. The van der Waals surface area contributed by atoms with Crippen LogP contribution < -0.4 is 5.59 Å². The lowest BCUT2D eigenvalue weighted by Crippen LogP contribution is -2.20. The first kappa shape index (κ1) is 10.8. The Kier molecular flexibility index (Phi) is 2.94. The Morgan fingerprint density at radius 3 is 2.64 bits per heavy atom. The quantitative estimate of drug-likeness (QED) is 0.696. The van der Waals surface area contributed by atoms with Crippen LogP contribution in [0.15, 0.2) is 6.20 Å². The van der Waals surface area contributed by atoms with Crippen molar-refractivity contribution in [3.63, 3.8) is 0 Å². The van der Waals surface area contributed by atoms with E-state index < -0.39 is 11.9 Å². The van der Waals surface area contributed by atoms with Gasteiger partial charge in [0.15, 0.2) is 0 Å². The molecule has 0 bridgehead atoms. The highest BCUT2D eigenvalue weighted by molar-refractivity contribution is 6.31. The van der Waals surface area contributed by atoms with Crippen LogP contribution in [0, 0.1) is 13.8 Å². The van der Waals surface area contributed by atoms with Crippen molar-refractivity contribution in [3.8, 4) is 0 Å². The highest BCUT2D eigenvalue weighted by Crippen LogP contribution is 2.21. The fourth-order valence-electron chi connectivity index (χ4n) is 1.56. The average molecular weight is 189 g/mol. The molecule has 0 aliphatic heterocycles. The molecule has 2 radical (unpaired) electrons. The van der Waals surface area contributed by atoms with Crippen molar-refractivity contribution in [1.82, 2.24) is 4.98 Å². The summed E-state index contributed by atoms with van der Waals surface area (Å²) in [5, 5.41) is 8.91. The van der Waals surface area contributed by atoms with Gasteiger partial charge < -0.3 is 5.11 Å². The lowest BCUT2D eigenvalue weighted by Gasteiger charge is -2.15. The number of aliphatic carboxylic acids is 1. The van der Waals surface area contributed by atoms with Crippen molar-refractivity contribution in [2.24, 2.45) is 0 Å². The van der Waals surface area contributed by atoms with E-state index in [1.54, 1.807) is 20.0 Å². The first-order valence-corrected chi connectivity index (χ1v) is 4.39. The fourth-order valence-corrected chi connectivity index (χ4v) is 1.56. The lowest BCUT2D eigenvalue weighted by molar-refractivity contribution is -0.138. The van der Waals surface area contributed by atoms with E-state index in [1.165, 1.54) is 0 Å². The Labute approximate surface area is 84.6 Å². The smallest absolute Gasteiger partial charge is 0.310 e. The van der Waals surface area contributed by atoms with Crippen molar-refractivity contribution in [2.75, 3.05) is 0 Å². The van der Waals surface area contributed by atoms with E-state index in [0.717, 1.165) is 16.7 Å². The number of pyridine rings is 1. The van der Waals surface area contributed by atoms with Gasteiger partial charge in [-0.2, -0.15) is 0 Å². The van der Waals surface area contributed by atoms with Crippen LogP contribution in [0.25, 0.3) is 0 Å². The second kappa shape index (κ2) is 3.82.